The largest absolute Gasteiger partial charge is 0.497 e. The van der Waals surface area contributed by atoms with E-state index in [9.17, 15) is 0 Å². The Hall–Kier alpha value is -2.95. The number of fused-ring (bicyclic) bond motifs is 3. The lowest BCUT2D eigenvalue weighted by Crippen LogP contribution is -2.33. The average Bonchev–Trinajstić information content (AvgIpc) is 3.45. The Bertz CT molecular complexity index is 1170. The zero-order chi connectivity index (χ0) is 19.8. The molecule has 0 spiro atoms. The predicted molar refractivity (Wildman–Crippen MR) is 115 cm³/mol. The summed E-state index contributed by atoms with van der Waals surface area (Å²) in [6.45, 7) is 0. The maximum Gasteiger partial charge on any atom is 0.139 e. The average molecular weight is 408 g/mol. The van der Waals surface area contributed by atoms with Gasteiger partial charge in [-0.3, -0.25) is 0 Å². The minimum Gasteiger partial charge on any atom is -0.497 e. The Balaban J connectivity index is 1.61. The van der Waals surface area contributed by atoms with Crippen molar-refractivity contribution in [2.75, 3.05) is 19.5 Å². The molecule has 1 aliphatic heterocycles. The molecule has 4 aromatic rings. The van der Waals surface area contributed by atoms with E-state index in [4.69, 9.17) is 14.5 Å². The molecule has 8 nitrogen and oxygen atoms in total. The van der Waals surface area contributed by atoms with Crippen LogP contribution >= 0.6 is 11.3 Å². The Morgan fingerprint density at radius 3 is 2.41 bits per heavy atom. The number of thiophene rings is 1. The van der Waals surface area contributed by atoms with Gasteiger partial charge in [-0.1, -0.05) is 12.1 Å². The van der Waals surface area contributed by atoms with E-state index in [0.717, 1.165) is 44.9 Å². The van der Waals surface area contributed by atoms with E-state index in [1.54, 1.807) is 25.6 Å². The second-order valence-electron chi connectivity index (χ2n) is 6.60. The molecule has 0 bridgehead atoms. The number of anilines is 2. The van der Waals surface area contributed by atoms with Crippen LogP contribution in [0, 0.1) is 0 Å². The number of aromatic nitrogens is 1. The molecule has 0 saturated carbocycles. The number of hydrogen-bond acceptors (Lipinski definition) is 9. The highest BCUT2D eigenvalue weighted by Crippen LogP contribution is 2.36. The van der Waals surface area contributed by atoms with E-state index in [2.05, 4.69) is 56.9 Å². The molecular weight excluding hydrogens is 388 g/mol. The van der Waals surface area contributed by atoms with Crippen LogP contribution in [0.2, 0.25) is 0 Å². The van der Waals surface area contributed by atoms with E-state index in [0.29, 0.717) is 0 Å². The molecular formula is C20H20N6O2S. The highest BCUT2D eigenvalue weighted by molar-refractivity contribution is 7.18. The number of pyridine rings is 1. The van der Waals surface area contributed by atoms with Crippen LogP contribution in [0.3, 0.4) is 0 Å². The minimum atomic E-state index is -0.0423. The van der Waals surface area contributed by atoms with Crippen molar-refractivity contribution in [1.82, 2.24) is 26.9 Å². The number of rotatable bonds is 5. The van der Waals surface area contributed by atoms with Crippen LogP contribution < -0.4 is 36.7 Å². The fourth-order valence-electron chi connectivity index (χ4n) is 3.43. The van der Waals surface area contributed by atoms with Gasteiger partial charge < -0.3 is 14.8 Å². The Labute approximate surface area is 171 Å². The van der Waals surface area contributed by atoms with Gasteiger partial charge in [-0.25, -0.2) is 15.8 Å². The van der Waals surface area contributed by atoms with Crippen molar-refractivity contribution in [3.8, 4) is 11.5 Å². The quantitative estimate of drug-likeness (QED) is 0.344. The summed E-state index contributed by atoms with van der Waals surface area (Å²) < 4.78 is 12.0. The molecule has 5 N–H and O–H groups in total. The van der Waals surface area contributed by atoms with Crippen LogP contribution in [0.25, 0.3) is 21.0 Å². The van der Waals surface area contributed by atoms with Gasteiger partial charge in [-0.15, -0.1) is 11.3 Å². The van der Waals surface area contributed by atoms with Gasteiger partial charge in [-0.05, 0) is 23.1 Å². The van der Waals surface area contributed by atoms with Crippen LogP contribution in [0.5, 0.6) is 11.5 Å². The molecule has 0 radical (unpaired) electrons. The number of hydrogen-bond donors (Lipinski definition) is 5. The Morgan fingerprint density at radius 2 is 1.69 bits per heavy atom. The molecule has 1 aliphatic rings. The van der Waals surface area contributed by atoms with Crippen LogP contribution in [-0.4, -0.2) is 19.2 Å². The van der Waals surface area contributed by atoms with Crippen molar-refractivity contribution in [3.05, 3.63) is 53.4 Å². The number of hydrazine groups is 3. The lowest BCUT2D eigenvalue weighted by molar-refractivity contribution is 0.395. The Kier molecular flexibility index (Phi) is 4.66. The molecule has 3 heterocycles. The van der Waals surface area contributed by atoms with Gasteiger partial charge in [0.15, 0.2) is 0 Å². The SMILES string of the molecule is COc1cc(Nc2nc3cc(C4NNNN4)ccc3c3sccc23)cc(OC)c1. The fraction of sp³-hybridized carbons (Fsp3) is 0.150. The molecule has 2 aromatic carbocycles. The molecule has 0 amide bonds. The highest BCUT2D eigenvalue weighted by atomic mass is 32.1. The fourth-order valence-corrected chi connectivity index (χ4v) is 4.36. The normalized spacial score (nSPS) is 14.6. The number of benzene rings is 2. The van der Waals surface area contributed by atoms with E-state index in [1.807, 2.05) is 18.2 Å². The van der Waals surface area contributed by atoms with Crippen LogP contribution in [0.1, 0.15) is 11.7 Å². The minimum absolute atomic E-state index is 0.0423. The van der Waals surface area contributed by atoms with E-state index < -0.39 is 0 Å². The molecule has 0 aliphatic carbocycles. The van der Waals surface area contributed by atoms with Gasteiger partial charge in [0.25, 0.3) is 0 Å². The molecule has 5 rings (SSSR count). The third-order valence-corrected chi connectivity index (χ3v) is 5.81. The number of nitrogens with one attached hydrogen (secondary N) is 5. The number of nitrogens with zero attached hydrogens (tertiary/aromatic N) is 1. The summed E-state index contributed by atoms with van der Waals surface area (Å²) in [7, 11) is 3.28. The summed E-state index contributed by atoms with van der Waals surface area (Å²) >= 11 is 1.71. The van der Waals surface area contributed by atoms with E-state index in [-0.39, 0.29) is 6.17 Å². The monoisotopic (exact) mass is 408 g/mol. The van der Waals surface area contributed by atoms with Crippen molar-refractivity contribution in [2.24, 2.45) is 0 Å². The Morgan fingerprint density at radius 1 is 0.931 bits per heavy atom. The number of ether oxygens (including phenoxy) is 2. The van der Waals surface area contributed by atoms with Gasteiger partial charge in [0.05, 0.1) is 19.7 Å². The van der Waals surface area contributed by atoms with Gasteiger partial charge >= 0.3 is 0 Å². The molecule has 1 saturated heterocycles. The van der Waals surface area contributed by atoms with Crippen LogP contribution in [-0.2, 0) is 0 Å². The van der Waals surface area contributed by atoms with Crippen molar-refractivity contribution in [3.63, 3.8) is 0 Å². The summed E-state index contributed by atoms with van der Waals surface area (Å²) in [6, 6.07) is 14.1. The summed E-state index contributed by atoms with van der Waals surface area (Å²) in [5, 5.41) is 7.74. The molecule has 148 valence electrons. The molecule has 29 heavy (non-hydrogen) atoms. The van der Waals surface area contributed by atoms with Crippen molar-refractivity contribution in [1.29, 1.82) is 0 Å². The standard InChI is InChI=1S/C20H20N6O2S/c1-27-13-8-12(9-14(10-13)28-2)21-20-16-5-6-29-18(16)15-4-3-11(7-17(15)22-20)19-23-25-26-24-19/h3-10,19,23-26H,1-2H3,(H,21,22). The number of methoxy groups -OCH3 is 2. The molecule has 0 unspecified atom stereocenters. The highest BCUT2D eigenvalue weighted by Gasteiger charge is 2.17. The van der Waals surface area contributed by atoms with Crippen LogP contribution in [0.4, 0.5) is 11.5 Å². The molecule has 0 atom stereocenters. The van der Waals surface area contributed by atoms with Crippen molar-refractivity contribution >= 4 is 43.8 Å². The second-order valence-corrected chi connectivity index (χ2v) is 7.51. The first-order valence-electron chi connectivity index (χ1n) is 9.07. The zero-order valence-corrected chi connectivity index (χ0v) is 16.7. The predicted octanol–water partition coefficient (Wildman–Crippen LogP) is 3.33. The van der Waals surface area contributed by atoms with Gasteiger partial charge in [0.1, 0.15) is 23.5 Å². The maximum atomic E-state index is 5.39. The summed E-state index contributed by atoms with van der Waals surface area (Å²) in [4.78, 5) is 4.93. The van der Waals surface area contributed by atoms with Crippen LogP contribution in [0.15, 0.2) is 47.8 Å². The van der Waals surface area contributed by atoms with Gasteiger partial charge in [0, 0.05) is 39.4 Å². The second kappa shape index (κ2) is 7.47. The molecule has 1 fully saturated rings. The van der Waals surface area contributed by atoms with E-state index in [1.165, 1.54) is 4.70 Å². The summed E-state index contributed by atoms with van der Waals surface area (Å²) in [5.74, 6) is 2.23. The molecule has 2 aromatic heterocycles. The van der Waals surface area contributed by atoms with E-state index >= 15 is 0 Å². The van der Waals surface area contributed by atoms with Crippen molar-refractivity contribution in [2.45, 2.75) is 6.17 Å². The first-order chi connectivity index (χ1) is 14.2. The first kappa shape index (κ1) is 18.1. The lowest BCUT2D eigenvalue weighted by Gasteiger charge is -2.14. The summed E-state index contributed by atoms with van der Waals surface area (Å²) in [5.41, 5.74) is 14.8. The van der Waals surface area contributed by atoms with Crippen molar-refractivity contribution < 1.29 is 9.47 Å². The third-order valence-electron chi connectivity index (χ3n) is 4.86. The topological polar surface area (TPSA) is 91.5 Å². The summed E-state index contributed by atoms with van der Waals surface area (Å²) in [6.07, 6.45) is -0.0423. The van der Waals surface area contributed by atoms with Gasteiger partial charge in [0.2, 0.25) is 0 Å². The third kappa shape index (κ3) is 3.35. The maximum absolute atomic E-state index is 5.39. The first-order valence-corrected chi connectivity index (χ1v) is 9.95. The zero-order valence-electron chi connectivity index (χ0n) is 15.9. The van der Waals surface area contributed by atoms with Gasteiger partial charge in [-0.2, -0.15) is 11.1 Å². The smallest absolute Gasteiger partial charge is 0.139 e. The lowest BCUT2D eigenvalue weighted by atomic mass is 10.1. The molecule has 9 heteroatoms.